The van der Waals surface area contributed by atoms with E-state index in [1.54, 1.807) is 0 Å². The highest BCUT2D eigenvalue weighted by atomic mass is 19.4. The number of nitrogens with two attached hydrogens (primary N) is 1. The number of hydrogen-bond acceptors (Lipinski definition) is 4. The van der Waals surface area contributed by atoms with E-state index in [0.717, 1.165) is 6.20 Å². The third-order valence-electron chi connectivity index (χ3n) is 1.52. The van der Waals surface area contributed by atoms with Gasteiger partial charge in [0.25, 0.3) is 0 Å². The number of halogens is 3. The molecule has 0 aliphatic heterocycles. The van der Waals surface area contributed by atoms with Gasteiger partial charge in [-0.05, 0) is 7.05 Å². The van der Waals surface area contributed by atoms with Gasteiger partial charge in [0.05, 0.1) is 0 Å². The van der Waals surface area contributed by atoms with E-state index in [1.165, 1.54) is 7.05 Å². The molecule has 1 aromatic heterocycles. The average Bonchev–Trinajstić information content (AvgIpc) is 2.07. The fraction of sp³-hybridized carbons (Fsp3) is 0.429. The molecule has 0 aliphatic rings. The number of hydrogen-bond donors (Lipinski definition) is 2. The van der Waals surface area contributed by atoms with E-state index < -0.39 is 11.9 Å². The number of anilines is 1. The summed E-state index contributed by atoms with van der Waals surface area (Å²) in [4.78, 5) is 6.66. The standard InChI is InChI=1S/C7H9F3N4/c1-12-2-4-3-13-6(11)14-5(4)7(8,9)10/h3,12H,2H2,1H3,(H2,11,13,14). The Morgan fingerprint density at radius 2 is 2.14 bits per heavy atom. The molecule has 0 aromatic carbocycles. The maximum Gasteiger partial charge on any atom is 0.433 e. The van der Waals surface area contributed by atoms with Crippen LogP contribution >= 0.6 is 0 Å². The van der Waals surface area contributed by atoms with Gasteiger partial charge < -0.3 is 11.1 Å². The summed E-state index contributed by atoms with van der Waals surface area (Å²) in [5.41, 5.74) is 4.07. The first-order valence-corrected chi connectivity index (χ1v) is 3.78. The van der Waals surface area contributed by atoms with Crippen LogP contribution in [-0.2, 0) is 12.7 Å². The van der Waals surface area contributed by atoms with Crippen molar-refractivity contribution in [3.8, 4) is 0 Å². The van der Waals surface area contributed by atoms with Crippen LogP contribution in [0.15, 0.2) is 6.20 Å². The Morgan fingerprint density at radius 3 is 2.64 bits per heavy atom. The third-order valence-corrected chi connectivity index (χ3v) is 1.52. The van der Waals surface area contributed by atoms with E-state index in [4.69, 9.17) is 5.73 Å². The van der Waals surface area contributed by atoms with E-state index in [1.807, 2.05) is 0 Å². The summed E-state index contributed by atoms with van der Waals surface area (Å²) in [6.07, 6.45) is -3.43. The van der Waals surface area contributed by atoms with Crippen LogP contribution in [0, 0.1) is 0 Å². The first-order chi connectivity index (χ1) is 6.45. The molecule has 0 saturated heterocycles. The van der Waals surface area contributed by atoms with Crippen molar-refractivity contribution in [2.24, 2.45) is 0 Å². The molecule has 0 fully saturated rings. The fourth-order valence-corrected chi connectivity index (χ4v) is 0.986. The SMILES string of the molecule is CNCc1cnc(N)nc1C(F)(F)F. The summed E-state index contributed by atoms with van der Waals surface area (Å²) in [5, 5.41) is 2.60. The summed E-state index contributed by atoms with van der Waals surface area (Å²) in [5.74, 6) is -0.378. The molecule has 78 valence electrons. The zero-order valence-electron chi connectivity index (χ0n) is 7.39. The molecule has 7 heteroatoms. The number of alkyl halides is 3. The minimum Gasteiger partial charge on any atom is -0.368 e. The van der Waals surface area contributed by atoms with Gasteiger partial charge in [0.2, 0.25) is 5.95 Å². The highest BCUT2D eigenvalue weighted by Gasteiger charge is 2.35. The van der Waals surface area contributed by atoms with Crippen LogP contribution in [0.5, 0.6) is 0 Å². The number of nitrogen functional groups attached to an aromatic ring is 1. The minimum atomic E-state index is -4.50. The predicted molar refractivity (Wildman–Crippen MR) is 44.2 cm³/mol. The lowest BCUT2D eigenvalue weighted by Gasteiger charge is -2.10. The lowest BCUT2D eigenvalue weighted by molar-refractivity contribution is -0.141. The molecule has 0 spiro atoms. The third kappa shape index (κ3) is 2.32. The van der Waals surface area contributed by atoms with Crippen LogP contribution in [0.3, 0.4) is 0 Å². The summed E-state index contributed by atoms with van der Waals surface area (Å²) in [6, 6.07) is 0. The van der Waals surface area contributed by atoms with E-state index in [2.05, 4.69) is 15.3 Å². The van der Waals surface area contributed by atoms with Crippen LogP contribution in [0.25, 0.3) is 0 Å². The molecule has 0 atom stereocenters. The predicted octanol–water partition coefficient (Wildman–Crippen LogP) is 0.797. The van der Waals surface area contributed by atoms with Gasteiger partial charge in [0.1, 0.15) is 0 Å². The van der Waals surface area contributed by atoms with Crippen molar-refractivity contribution in [3.05, 3.63) is 17.5 Å². The maximum atomic E-state index is 12.4. The van der Waals surface area contributed by atoms with Crippen molar-refractivity contribution < 1.29 is 13.2 Å². The molecule has 14 heavy (non-hydrogen) atoms. The van der Waals surface area contributed by atoms with Crippen molar-refractivity contribution in [3.63, 3.8) is 0 Å². The number of rotatable bonds is 2. The Kier molecular flexibility index (Phi) is 2.90. The van der Waals surface area contributed by atoms with Gasteiger partial charge in [-0.3, -0.25) is 0 Å². The highest BCUT2D eigenvalue weighted by molar-refractivity contribution is 5.27. The molecule has 0 radical (unpaired) electrons. The minimum absolute atomic E-state index is 0.0193. The van der Waals surface area contributed by atoms with Crippen molar-refractivity contribution >= 4 is 5.95 Å². The van der Waals surface area contributed by atoms with Gasteiger partial charge in [-0.1, -0.05) is 0 Å². The number of nitrogens with zero attached hydrogens (tertiary/aromatic N) is 2. The van der Waals surface area contributed by atoms with Crippen LogP contribution in [0.4, 0.5) is 19.1 Å². The first kappa shape index (κ1) is 10.7. The molecule has 0 unspecified atom stereocenters. The summed E-state index contributed by atoms with van der Waals surface area (Å²) >= 11 is 0. The largest absolute Gasteiger partial charge is 0.433 e. The second-order valence-corrected chi connectivity index (χ2v) is 2.63. The fourth-order valence-electron chi connectivity index (χ4n) is 0.986. The molecular formula is C7H9F3N4. The Morgan fingerprint density at radius 1 is 1.50 bits per heavy atom. The normalized spacial score (nSPS) is 11.7. The smallest absolute Gasteiger partial charge is 0.368 e. The van der Waals surface area contributed by atoms with Gasteiger partial charge in [-0.25, -0.2) is 9.97 Å². The van der Waals surface area contributed by atoms with Crippen molar-refractivity contribution in [1.82, 2.24) is 15.3 Å². The van der Waals surface area contributed by atoms with Gasteiger partial charge in [-0.2, -0.15) is 13.2 Å². The van der Waals surface area contributed by atoms with Crippen molar-refractivity contribution in [1.29, 1.82) is 0 Å². The van der Waals surface area contributed by atoms with E-state index >= 15 is 0 Å². The van der Waals surface area contributed by atoms with Crippen LogP contribution in [-0.4, -0.2) is 17.0 Å². The Hall–Kier alpha value is -1.37. The summed E-state index contributed by atoms with van der Waals surface area (Å²) in [6.45, 7) is 0.0507. The molecule has 4 nitrogen and oxygen atoms in total. The highest BCUT2D eigenvalue weighted by Crippen LogP contribution is 2.30. The van der Waals surface area contributed by atoms with E-state index in [9.17, 15) is 13.2 Å². The Labute approximate surface area is 78.4 Å². The quantitative estimate of drug-likeness (QED) is 0.751. The second kappa shape index (κ2) is 3.79. The molecular weight excluding hydrogens is 197 g/mol. The van der Waals surface area contributed by atoms with Gasteiger partial charge in [0, 0.05) is 18.3 Å². The van der Waals surface area contributed by atoms with Gasteiger partial charge in [0.15, 0.2) is 5.69 Å². The molecule has 3 N–H and O–H groups in total. The van der Waals surface area contributed by atoms with E-state index in [0.29, 0.717) is 0 Å². The van der Waals surface area contributed by atoms with Crippen LogP contribution in [0.2, 0.25) is 0 Å². The zero-order valence-corrected chi connectivity index (χ0v) is 7.39. The first-order valence-electron chi connectivity index (χ1n) is 3.78. The van der Waals surface area contributed by atoms with E-state index in [-0.39, 0.29) is 18.1 Å². The lowest BCUT2D eigenvalue weighted by Crippen LogP contribution is -2.17. The van der Waals surface area contributed by atoms with Crippen LogP contribution in [0.1, 0.15) is 11.3 Å². The van der Waals surface area contributed by atoms with Crippen molar-refractivity contribution in [2.45, 2.75) is 12.7 Å². The number of aromatic nitrogens is 2. The maximum absolute atomic E-state index is 12.4. The topological polar surface area (TPSA) is 63.8 Å². The summed E-state index contributed by atoms with van der Waals surface area (Å²) in [7, 11) is 1.54. The Balaban J connectivity index is 3.16. The molecule has 1 heterocycles. The van der Waals surface area contributed by atoms with Gasteiger partial charge >= 0.3 is 6.18 Å². The molecule has 0 aliphatic carbocycles. The Bertz CT molecular complexity index is 323. The molecule has 1 rings (SSSR count). The monoisotopic (exact) mass is 206 g/mol. The summed E-state index contributed by atoms with van der Waals surface area (Å²) < 4.78 is 37.1. The molecule has 0 amide bonds. The van der Waals surface area contributed by atoms with Gasteiger partial charge in [-0.15, -0.1) is 0 Å². The molecule has 0 bridgehead atoms. The lowest BCUT2D eigenvalue weighted by atomic mass is 10.2. The number of nitrogens with one attached hydrogen (secondary N) is 1. The average molecular weight is 206 g/mol. The zero-order chi connectivity index (χ0) is 10.8. The second-order valence-electron chi connectivity index (χ2n) is 2.63. The van der Waals surface area contributed by atoms with Crippen molar-refractivity contribution in [2.75, 3.05) is 12.8 Å². The molecule has 1 aromatic rings. The van der Waals surface area contributed by atoms with Crippen LogP contribution < -0.4 is 11.1 Å². The molecule has 0 saturated carbocycles.